The quantitative estimate of drug-likeness (QED) is 0.792. The summed E-state index contributed by atoms with van der Waals surface area (Å²) in [5.74, 6) is 1.38. The van der Waals surface area contributed by atoms with Crippen molar-refractivity contribution in [1.82, 2.24) is 4.98 Å². The minimum atomic E-state index is -0.273. The summed E-state index contributed by atoms with van der Waals surface area (Å²) in [5.41, 5.74) is 1.02. The van der Waals surface area contributed by atoms with E-state index in [1.807, 2.05) is 12.1 Å². The highest BCUT2D eigenvalue weighted by Crippen LogP contribution is 2.22. The van der Waals surface area contributed by atoms with E-state index in [2.05, 4.69) is 18.8 Å². The third kappa shape index (κ3) is 3.03. The molecule has 0 N–H and O–H groups in total. The second-order valence-corrected chi connectivity index (χ2v) is 4.13. The Kier molecular flexibility index (Phi) is 3.38. The molecule has 88 valence electrons. The first-order valence-corrected chi connectivity index (χ1v) is 5.54. The molecule has 0 fully saturated rings. The molecule has 2 aromatic rings. The number of ether oxygens (including phenoxy) is 1. The molecule has 1 aromatic heterocycles. The van der Waals surface area contributed by atoms with Crippen LogP contribution in [-0.4, -0.2) is 4.98 Å². The van der Waals surface area contributed by atoms with Crippen molar-refractivity contribution in [1.29, 1.82) is 0 Å². The molecule has 0 atom stereocenters. The van der Waals surface area contributed by atoms with Crippen molar-refractivity contribution < 1.29 is 9.13 Å². The third-order valence-electron chi connectivity index (χ3n) is 2.40. The molecular weight excluding hydrogens is 217 g/mol. The lowest BCUT2D eigenvalue weighted by atomic mass is 10.1. The molecule has 0 aliphatic carbocycles. The van der Waals surface area contributed by atoms with Crippen molar-refractivity contribution in [3.05, 3.63) is 54.1 Å². The molecular formula is C14H14FNO. The minimum absolute atomic E-state index is 0.273. The van der Waals surface area contributed by atoms with Crippen LogP contribution in [0.1, 0.15) is 25.5 Å². The Morgan fingerprint density at radius 3 is 2.18 bits per heavy atom. The number of aromatic nitrogens is 1. The number of pyridine rings is 1. The van der Waals surface area contributed by atoms with Crippen LogP contribution in [0.4, 0.5) is 4.39 Å². The van der Waals surface area contributed by atoms with Gasteiger partial charge < -0.3 is 4.74 Å². The van der Waals surface area contributed by atoms with Gasteiger partial charge in [-0.2, -0.15) is 0 Å². The van der Waals surface area contributed by atoms with Crippen molar-refractivity contribution in [2.75, 3.05) is 0 Å². The van der Waals surface area contributed by atoms with Gasteiger partial charge in [0, 0.05) is 5.69 Å². The van der Waals surface area contributed by atoms with Crippen molar-refractivity contribution in [3.8, 4) is 11.5 Å². The molecule has 0 amide bonds. The molecule has 0 bridgehead atoms. The fraction of sp³-hybridized carbons (Fsp3) is 0.214. The summed E-state index contributed by atoms with van der Waals surface area (Å²) in [4.78, 5) is 4.29. The van der Waals surface area contributed by atoms with Crippen LogP contribution >= 0.6 is 0 Å². The molecule has 0 saturated carbocycles. The fourth-order valence-electron chi connectivity index (χ4n) is 1.43. The van der Waals surface area contributed by atoms with Gasteiger partial charge in [-0.15, -0.1) is 0 Å². The monoisotopic (exact) mass is 231 g/mol. The maximum Gasteiger partial charge on any atom is 0.145 e. The summed E-state index contributed by atoms with van der Waals surface area (Å²) < 4.78 is 18.2. The Morgan fingerprint density at radius 1 is 1.00 bits per heavy atom. The molecule has 0 spiro atoms. The van der Waals surface area contributed by atoms with Gasteiger partial charge in [-0.25, -0.2) is 4.39 Å². The van der Waals surface area contributed by atoms with Crippen molar-refractivity contribution in [2.24, 2.45) is 0 Å². The van der Waals surface area contributed by atoms with E-state index < -0.39 is 0 Å². The molecule has 1 aromatic carbocycles. The average Bonchev–Trinajstić information content (AvgIpc) is 2.33. The molecule has 0 radical (unpaired) electrons. The number of benzene rings is 1. The zero-order chi connectivity index (χ0) is 12.3. The second kappa shape index (κ2) is 4.95. The first-order chi connectivity index (χ1) is 8.15. The second-order valence-electron chi connectivity index (χ2n) is 4.13. The lowest BCUT2D eigenvalue weighted by molar-refractivity contribution is 0.477. The summed E-state index contributed by atoms with van der Waals surface area (Å²) in [5, 5.41) is 0. The molecule has 1 heterocycles. The smallest absolute Gasteiger partial charge is 0.145 e. The average molecular weight is 231 g/mol. The highest BCUT2D eigenvalue weighted by Gasteiger charge is 2.02. The Morgan fingerprint density at radius 2 is 1.65 bits per heavy atom. The van der Waals surface area contributed by atoms with Crippen LogP contribution in [0.5, 0.6) is 11.5 Å². The summed E-state index contributed by atoms with van der Waals surface area (Å²) in [7, 11) is 0. The van der Waals surface area contributed by atoms with Crippen LogP contribution in [0, 0.1) is 5.82 Å². The first kappa shape index (κ1) is 11.6. The summed E-state index contributed by atoms with van der Waals surface area (Å²) in [6.45, 7) is 4.17. The van der Waals surface area contributed by atoms with E-state index >= 15 is 0 Å². The van der Waals surface area contributed by atoms with Gasteiger partial charge in [-0.1, -0.05) is 13.8 Å². The van der Waals surface area contributed by atoms with Crippen LogP contribution in [0.15, 0.2) is 42.6 Å². The van der Waals surface area contributed by atoms with Crippen LogP contribution in [0.2, 0.25) is 0 Å². The predicted molar refractivity (Wildman–Crippen MR) is 64.8 cm³/mol. The number of rotatable bonds is 3. The molecule has 3 heteroatoms. The summed E-state index contributed by atoms with van der Waals surface area (Å²) in [6, 6.07) is 9.71. The van der Waals surface area contributed by atoms with Crippen molar-refractivity contribution in [3.63, 3.8) is 0 Å². The van der Waals surface area contributed by atoms with Crippen LogP contribution in [0.3, 0.4) is 0 Å². The molecule has 17 heavy (non-hydrogen) atoms. The third-order valence-corrected chi connectivity index (χ3v) is 2.40. The number of hydrogen-bond acceptors (Lipinski definition) is 2. The van der Waals surface area contributed by atoms with Gasteiger partial charge in [0.25, 0.3) is 0 Å². The maximum absolute atomic E-state index is 12.7. The lowest BCUT2D eigenvalue weighted by Gasteiger charge is -2.07. The van der Waals surface area contributed by atoms with E-state index in [4.69, 9.17) is 4.74 Å². The number of hydrogen-bond donors (Lipinski definition) is 0. The maximum atomic E-state index is 12.7. The summed E-state index contributed by atoms with van der Waals surface area (Å²) in [6.07, 6.45) is 1.68. The summed E-state index contributed by atoms with van der Waals surface area (Å²) >= 11 is 0. The highest BCUT2D eigenvalue weighted by molar-refractivity contribution is 5.30. The largest absolute Gasteiger partial charge is 0.456 e. The topological polar surface area (TPSA) is 22.1 Å². The number of halogens is 1. The Labute approximate surface area is 100 Å². The van der Waals surface area contributed by atoms with Gasteiger partial charge in [0.05, 0.1) is 6.20 Å². The van der Waals surface area contributed by atoms with E-state index in [0.29, 0.717) is 17.4 Å². The molecule has 2 rings (SSSR count). The predicted octanol–water partition coefficient (Wildman–Crippen LogP) is 4.14. The molecule has 0 aliphatic heterocycles. The van der Waals surface area contributed by atoms with E-state index in [1.54, 1.807) is 18.3 Å². The highest BCUT2D eigenvalue weighted by atomic mass is 19.1. The van der Waals surface area contributed by atoms with Gasteiger partial charge in [0.1, 0.15) is 17.3 Å². The SMILES string of the molecule is CC(C)c1ccc(Oc2ccc(F)cc2)cn1. The zero-order valence-electron chi connectivity index (χ0n) is 9.85. The van der Waals surface area contributed by atoms with Crippen molar-refractivity contribution in [2.45, 2.75) is 19.8 Å². The van der Waals surface area contributed by atoms with E-state index in [0.717, 1.165) is 5.69 Å². The molecule has 0 saturated heterocycles. The van der Waals surface area contributed by atoms with Gasteiger partial charge in [-0.3, -0.25) is 4.98 Å². The van der Waals surface area contributed by atoms with Gasteiger partial charge in [-0.05, 0) is 42.3 Å². The van der Waals surface area contributed by atoms with Gasteiger partial charge >= 0.3 is 0 Å². The molecule has 0 unspecified atom stereocenters. The van der Waals surface area contributed by atoms with Gasteiger partial charge in [0.2, 0.25) is 0 Å². The Hall–Kier alpha value is -1.90. The van der Waals surface area contributed by atoms with E-state index in [-0.39, 0.29) is 5.82 Å². The molecule has 0 aliphatic rings. The lowest BCUT2D eigenvalue weighted by Crippen LogP contribution is -1.92. The van der Waals surface area contributed by atoms with Crippen LogP contribution in [0.25, 0.3) is 0 Å². The first-order valence-electron chi connectivity index (χ1n) is 5.54. The van der Waals surface area contributed by atoms with Gasteiger partial charge in [0.15, 0.2) is 0 Å². The van der Waals surface area contributed by atoms with E-state index in [9.17, 15) is 4.39 Å². The van der Waals surface area contributed by atoms with Crippen LogP contribution in [-0.2, 0) is 0 Å². The Balaban J connectivity index is 2.11. The standard InChI is InChI=1S/C14H14FNO/c1-10(2)14-8-7-13(9-16-14)17-12-5-3-11(15)4-6-12/h3-10H,1-2H3. The fourth-order valence-corrected chi connectivity index (χ4v) is 1.43. The number of nitrogens with zero attached hydrogens (tertiary/aromatic N) is 1. The van der Waals surface area contributed by atoms with Crippen molar-refractivity contribution >= 4 is 0 Å². The van der Waals surface area contributed by atoms with Crippen LogP contribution < -0.4 is 4.74 Å². The minimum Gasteiger partial charge on any atom is -0.456 e. The molecule has 2 nitrogen and oxygen atoms in total. The zero-order valence-corrected chi connectivity index (χ0v) is 9.85. The normalized spacial score (nSPS) is 10.6. The Bertz CT molecular complexity index is 477. The van der Waals surface area contributed by atoms with E-state index in [1.165, 1.54) is 12.1 Å².